The standard InChI is InChI=1S/C22H29ClN4OS/c1-4-27-20(16-5-7-18(23)8-6-16)17(11-22(27,3)14-28)12-24-13-19-15(2)25-21-26(19)9-10-29-21/h5-10,17,20,24,28H,4,11-14H2,1-3H3/t17-,20+,22+/m1/s1. The summed E-state index contributed by atoms with van der Waals surface area (Å²) in [6, 6.07) is 8.44. The van der Waals surface area contributed by atoms with Gasteiger partial charge in [0.1, 0.15) is 0 Å². The number of halogens is 1. The number of hydrogen-bond acceptors (Lipinski definition) is 5. The number of likely N-dealkylation sites (N-methyl/N-ethyl adjacent to an activating group) is 1. The summed E-state index contributed by atoms with van der Waals surface area (Å²) in [5, 5.41) is 16.7. The van der Waals surface area contributed by atoms with Crippen LogP contribution in [0.1, 0.15) is 43.3 Å². The van der Waals surface area contributed by atoms with Crippen molar-refractivity contribution in [1.82, 2.24) is 19.6 Å². The molecule has 156 valence electrons. The van der Waals surface area contributed by atoms with E-state index in [0.717, 1.165) is 41.7 Å². The molecule has 3 atom stereocenters. The van der Waals surface area contributed by atoms with Crippen LogP contribution in [-0.4, -0.2) is 44.6 Å². The number of hydrogen-bond donors (Lipinski definition) is 2. The lowest BCUT2D eigenvalue weighted by Crippen LogP contribution is -2.45. The van der Waals surface area contributed by atoms with E-state index in [9.17, 15) is 5.11 Å². The summed E-state index contributed by atoms with van der Waals surface area (Å²) in [4.78, 5) is 8.14. The fourth-order valence-electron chi connectivity index (χ4n) is 4.94. The van der Waals surface area contributed by atoms with Gasteiger partial charge in [-0.25, -0.2) is 4.98 Å². The Labute approximate surface area is 181 Å². The van der Waals surface area contributed by atoms with Crippen molar-refractivity contribution in [2.24, 2.45) is 5.92 Å². The highest BCUT2D eigenvalue weighted by atomic mass is 35.5. The quantitative estimate of drug-likeness (QED) is 0.585. The Bertz CT molecular complexity index is 969. The number of fused-ring (bicyclic) bond motifs is 1. The Hall–Kier alpha value is -1.44. The fraction of sp³-hybridized carbons (Fsp3) is 0.500. The highest BCUT2D eigenvalue weighted by Crippen LogP contribution is 2.46. The minimum absolute atomic E-state index is 0.165. The SMILES string of the molecule is CCN1[C@@H](c2ccc(Cl)cc2)[C@@H](CNCc2c(C)nc3sccn23)C[C@@]1(C)CO. The molecule has 7 heteroatoms. The van der Waals surface area contributed by atoms with Crippen LogP contribution in [0, 0.1) is 12.8 Å². The van der Waals surface area contributed by atoms with Gasteiger partial charge in [-0.05, 0) is 50.4 Å². The summed E-state index contributed by atoms with van der Waals surface area (Å²) in [5.41, 5.74) is 3.36. The van der Waals surface area contributed by atoms with Crippen molar-refractivity contribution < 1.29 is 5.11 Å². The molecule has 0 aliphatic carbocycles. The summed E-state index contributed by atoms with van der Waals surface area (Å²) in [5.74, 6) is 0.402. The van der Waals surface area contributed by atoms with E-state index in [-0.39, 0.29) is 18.2 Å². The Morgan fingerprint density at radius 3 is 2.79 bits per heavy atom. The first kappa shape index (κ1) is 20.8. The number of likely N-dealkylation sites (tertiary alicyclic amines) is 1. The van der Waals surface area contributed by atoms with Crippen molar-refractivity contribution >= 4 is 27.9 Å². The molecule has 1 saturated heterocycles. The van der Waals surface area contributed by atoms with Crippen LogP contribution in [0.4, 0.5) is 0 Å². The summed E-state index contributed by atoms with van der Waals surface area (Å²) < 4.78 is 2.18. The molecule has 1 fully saturated rings. The molecule has 0 spiro atoms. The zero-order valence-electron chi connectivity index (χ0n) is 17.2. The molecule has 5 nitrogen and oxygen atoms in total. The van der Waals surface area contributed by atoms with Crippen LogP contribution < -0.4 is 5.32 Å². The topological polar surface area (TPSA) is 52.8 Å². The molecule has 1 aliphatic heterocycles. The number of rotatable bonds is 7. The number of imidazole rings is 1. The van der Waals surface area contributed by atoms with Gasteiger partial charge in [-0.1, -0.05) is 30.7 Å². The maximum atomic E-state index is 10.2. The number of thiazole rings is 1. The van der Waals surface area contributed by atoms with Gasteiger partial charge in [0.25, 0.3) is 0 Å². The van der Waals surface area contributed by atoms with Crippen molar-refractivity contribution in [3.05, 3.63) is 57.8 Å². The summed E-state index contributed by atoms with van der Waals surface area (Å²) >= 11 is 7.79. The van der Waals surface area contributed by atoms with E-state index < -0.39 is 0 Å². The van der Waals surface area contributed by atoms with Gasteiger partial charge in [0.05, 0.1) is 18.0 Å². The van der Waals surface area contributed by atoms with E-state index in [1.807, 2.05) is 12.1 Å². The third kappa shape index (κ3) is 3.84. The largest absolute Gasteiger partial charge is 0.394 e. The predicted octanol–water partition coefficient (Wildman–Crippen LogP) is 4.28. The third-order valence-electron chi connectivity index (χ3n) is 6.33. The summed E-state index contributed by atoms with van der Waals surface area (Å²) in [6.07, 6.45) is 3.04. The predicted molar refractivity (Wildman–Crippen MR) is 120 cm³/mol. The minimum Gasteiger partial charge on any atom is -0.394 e. The molecule has 3 heterocycles. The van der Waals surface area contributed by atoms with Gasteiger partial charge < -0.3 is 10.4 Å². The number of aromatic nitrogens is 2. The lowest BCUT2D eigenvalue weighted by molar-refractivity contribution is 0.0579. The van der Waals surface area contributed by atoms with Crippen LogP contribution >= 0.6 is 22.9 Å². The first-order valence-corrected chi connectivity index (χ1v) is 11.5. The van der Waals surface area contributed by atoms with Crippen molar-refractivity contribution in [2.45, 2.75) is 45.3 Å². The smallest absolute Gasteiger partial charge is 0.194 e. The zero-order chi connectivity index (χ0) is 20.6. The number of nitrogens with one attached hydrogen (secondary N) is 1. The molecule has 2 aromatic heterocycles. The number of aliphatic hydroxyl groups excluding tert-OH is 1. The molecule has 0 radical (unpaired) electrons. The van der Waals surface area contributed by atoms with E-state index >= 15 is 0 Å². The van der Waals surface area contributed by atoms with E-state index in [4.69, 9.17) is 11.6 Å². The number of nitrogens with zero attached hydrogens (tertiary/aromatic N) is 3. The van der Waals surface area contributed by atoms with Crippen molar-refractivity contribution in [3.8, 4) is 0 Å². The second kappa shape index (κ2) is 8.36. The maximum absolute atomic E-state index is 10.2. The number of aryl methyl sites for hydroxylation is 1. The van der Waals surface area contributed by atoms with Crippen LogP contribution in [0.2, 0.25) is 5.02 Å². The van der Waals surface area contributed by atoms with Gasteiger partial charge in [-0.3, -0.25) is 9.30 Å². The normalized spacial score (nSPS) is 25.3. The molecular formula is C22H29ClN4OS. The Morgan fingerprint density at radius 1 is 1.34 bits per heavy atom. The Balaban J connectivity index is 1.54. The van der Waals surface area contributed by atoms with Gasteiger partial charge in [0, 0.05) is 41.3 Å². The lowest BCUT2D eigenvalue weighted by Gasteiger charge is -2.37. The molecule has 0 bridgehead atoms. The van der Waals surface area contributed by atoms with E-state index in [1.54, 1.807) is 11.3 Å². The molecule has 0 saturated carbocycles. The fourth-order valence-corrected chi connectivity index (χ4v) is 5.85. The molecule has 29 heavy (non-hydrogen) atoms. The average Bonchev–Trinajstić information content (AvgIpc) is 3.35. The second-order valence-electron chi connectivity index (χ2n) is 8.23. The van der Waals surface area contributed by atoms with Gasteiger partial charge in [-0.2, -0.15) is 0 Å². The first-order valence-electron chi connectivity index (χ1n) is 10.2. The molecule has 2 N–H and O–H groups in total. The van der Waals surface area contributed by atoms with Crippen LogP contribution in [0.5, 0.6) is 0 Å². The molecule has 0 unspecified atom stereocenters. The average molecular weight is 433 g/mol. The van der Waals surface area contributed by atoms with Gasteiger partial charge >= 0.3 is 0 Å². The van der Waals surface area contributed by atoms with E-state index in [1.165, 1.54) is 11.3 Å². The van der Waals surface area contributed by atoms with Crippen molar-refractivity contribution in [1.29, 1.82) is 0 Å². The van der Waals surface area contributed by atoms with Gasteiger partial charge in [0.15, 0.2) is 4.96 Å². The summed E-state index contributed by atoms with van der Waals surface area (Å²) in [6.45, 7) is 9.16. The Morgan fingerprint density at radius 2 is 2.10 bits per heavy atom. The van der Waals surface area contributed by atoms with Crippen molar-refractivity contribution in [3.63, 3.8) is 0 Å². The first-order chi connectivity index (χ1) is 14.0. The van der Waals surface area contributed by atoms with E-state index in [0.29, 0.717) is 5.92 Å². The van der Waals surface area contributed by atoms with Crippen LogP contribution in [-0.2, 0) is 6.54 Å². The monoisotopic (exact) mass is 432 g/mol. The highest BCUT2D eigenvalue weighted by Gasteiger charge is 2.47. The van der Waals surface area contributed by atoms with Crippen LogP contribution in [0.25, 0.3) is 4.96 Å². The van der Waals surface area contributed by atoms with Gasteiger partial charge in [-0.15, -0.1) is 11.3 Å². The highest BCUT2D eigenvalue weighted by molar-refractivity contribution is 7.15. The molecule has 4 rings (SSSR count). The van der Waals surface area contributed by atoms with Crippen LogP contribution in [0.15, 0.2) is 35.8 Å². The minimum atomic E-state index is -0.210. The second-order valence-corrected chi connectivity index (χ2v) is 9.54. The Kier molecular flexibility index (Phi) is 6.00. The maximum Gasteiger partial charge on any atom is 0.194 e. The number of benzene rings is 1. The van der Waals surface area contributed by atoms with Crippen molar-refractivity contribution in [2.75, 3.05) is 19.7 Å². The zero-order valence-corrected chi connectivity index (χ0v) is 18.8. The van der Waals surface area contributed by atoms with E-state index in [2.05, 4.69) is 64.1 Å². The number of aliphatic hydroxyl groups is 1. The molecular weight excluding hydrogens is 404 g/mol. The molecule has 0 amide bonds. The summed E-state index contributed by atoms with van der Waals surface area (Å²) in [7, 11) is 0. The molecule has 1 aliphatic rings. The lowest BCUT2D eigenvalue weighted by atomic mass is 9.90. The third-order valence-corrected chi connectivity index (χ3v) is 7.34. The van der Waals surface area contributed by atoms with Gasteiger partial charge in [0.2, 0.25) is 0 Å². The molecule has 1 aromatic carbocycles. The van der Waals surface area contributed by atoms with Crippen LogP contribution in [0.3, 0.4) is 0 Å². The molecule has 3 aromatic rings.